The van der Waals surface area contributed by atoms with E-state index in [9.17, 15) is 5.26 Å². The van der Waals surface area contributed by atoms with Gasteiger partial charge < -0.3 is 9.13 Å². The lowest BCUT2D eigenvalue weighted by molar-refractivity contribution is 0.584. The zero-order valence-electron chi connectivity index (χ0n) is 48.2. The van der Waals surface area contributed by atoms with Crippen molar-refractivity contribution in [2.45, 2.75) is 0 Å². The van der Waals surface area contributed by atoms with Crippen molar-refractivity contribution in [3.63, 3.8) is 0 Å². The third kappa shape index (κ3) is 9.62. The molecular formula is C81H49F2N7. The first kappa shape index (κ1) is 53.2. The van der Waals surface area contributed by atoms with Crippen LogP contribution in [-0.4, -0.2) is 29.1 Å². The summed E-state index contributed by atoms with van der Waals surface area (Å²) in [4.78, 5) is 19.2. The van der Waals surface area contributed by atoms with Gasteiger partial charge in [-0.25, -0.2) is 8.78 Å². The first-order chi connectivity index (χ1) is 44.3. The van der Waals surface area contributed by atoms with Crippen LogP contribution in [0.25, 0.3) is 156 Å². The van der Waals surface area contributed by atoms with E-state index in [2.05, 4.69) is 161 Å². The first-order valence-corrected chi connectivity index (χ1v) is 29.6. The van der Waals surface area contributed by atoms with E-state index in [1.807, 2.05) is 134 Å². The van der Waals surface area contributed by atoms with E-state index in [-0.39, 0.29) is 11.1 Å². The molecule has 0 atom stereocenters. The molecule has 0 fully saturated rings. The van der Waals surface area contributed by atoms with E-state index in [0.29, 0.717) is 16.9 Å². The normalized spacial score (nSPS) is 11.4. The summed E-state index contributed by atoms with van der Waals surface area (Å²) in [5.41, 5.74) is 20.6. The minimum Gasteiger partial charge on any atom is -0.307 e. The van der Waals surface area contributed by atoms with E-state index in [0.717, 1.165) is 139 Å². The molecule has 0 spiro atoms. The Morgan fingerprint density at radius 1 is 0.267 bits per heavy atom. The highest BCUT2D eigenvalue weighted by molar-refractivity contribution is 6.14. The van der Waals surface area contributed by atoms with Gasteiger partial charge in [0.05, 0.1) is 67.8 Å². The summed E-state index contributed by atoms with van der Waals surface area (Å²) in [5.74, 6) is -1.52. The summed E-state index contributed by atoms with van der Waals surface area (Å²) in [6, 6.07) is 93.1. The molecule has 0 amide bonds. The van der Waals surface area contributed by atoms with Gasteiger partial charge >= 0.3 is 0 Å². The van der Waals surface area contributed by atoms with Crippen LogP contribution in [0.3, 0.4) is 0 Å². The number of halogens is 2. The van der Waals surface area contributed by atoms with Crippen molar-refractivity contribution < 1.29 is 8.78 Å². The molecule has 0 aliphatic carbocycles. The minimum absolute atomic E-state index is 0.222. The highest BCUT2D eigenvalue weighted by Gasteiger charge is 2.25. The number of nitriles is 1. The quantitative estimate of drug-likeness (QED) is 0.129. The largest absolute Gasteiger partial charge is 0.307 e. The van der Waals surface area contributed by atoms with Crippen molar-refractivity contribution >= 4 is 43.6 Å². The van der Waals surface area contributed by atoms with Crippen molar-refractivity contribution in [2.75, 3.05) is 0 Å². The molecule has 0 radical (unpaired) electrons. The van der Waals surface area contributed by atoms with Gasteiger partial charge in [-0.15, -0.1) is 0 Å². The van der Waals surface area contributed by atoms with Crippen molar-refractivity contribution in [2.24, 2.45) is 0 Å². The van der Waals surface area contributed by atoms with E-state index < -0.39 is 11.6 Å². The molecular weight excluding hydrogens is 1110 g/mol. The number of benzene rings is 10. The minimum atomic E-state index is -0.759. The SMILES string of the molecule is N#Cc1cc(-n2c3cc(-c4ccnc(-c5ccccc5)c4)ccc3c3ccc(-c4ccnc(-c5ccccc5)c4)cc32)c(-n2c3cc(-c4ccnc(-c5ccccc5)c4)ccc3c3ccc(-c4ccnc(-c5ccccc5)c4)cc32)cc1-c1cc(F)cc(F)c1. The van der Waals surface area contributed by atoms with E-state index >= 15 is 8.78 Å². The molecule has 9 heteroatoms. The van der Waals surface area contributed by atoms with Crippen LogP contribution in [0.2, 0.25) is 0 Å². The lowest BCUT2D eigenvalue weighted by atomic mass is 9.97. The summed E-state index contributed by atoms with van der Waals surface area (Å²) >= 11 is 0. The van der Waals surface area contributed by atoms with Crippen LogP contribution >= 0.6 is 0 Å². The number of rotatable bonds is 11. The predicted molar refractivity (Wildman–Crippen MR) is 360 cm³/mol. The van der Waals surface area contributed by atoms with Gasteiger partial charge in [-0.2, -0.15) is 5.26 Å². The Balaban J connectivity index is 1.02. The van der Waals surface area contributed by atoms with E-state index in [1.54, 1.807) is 0 Å². The Kier molecular flexibility index (Phi) is 13.2. The Bertz CT molecular complexity index is 5220. The fourth-order valence-corrected chi connectivity index (χ4v) is 12.8. The van der Waals surface area contributed by atoms with Crippen LogP contribution in [0, 0.1) is 23.0 Å². The van der Waals surface area contributed by atoms with Crippen LogP contribution in [0.4, 0.5) is 8.78 Å². The highest BCUT2D eigenvalue weighted by atomic mass is 19.1. The van der Waals surface area contributed by atoms with Crippen LogP contribution < -0.4 is 0 Å². The van der Waals surface area contributed by atoms with Gasteiger partial charge in [0.1, 0.15) is 11.6 Å². The zero-order chi connectivity index (χ0) is 60.2. The molecule has 422 valence electrons. The summed E-state index contributed by atoms with van der Waals surface area (Å²) in [6.07, 6.45) is 7.39. The van der Waals surface area contributed by atoms with Gasteiger partial charge in [0.2, 0.25) is 0 Å². The topological polar surface area (TPSA) is 85.2 Å². The van der Waals surface area contributed by atoms with Crippen LogP contribution in [0.15, 0.2) is 298 Å². The van der Waals surface area contributed by atoms with Crippen molar-refractivity contribution in [1.29, 1.82) is 5.26 Å². The van der Waals surface area contributed by atoms with E-state index in [1.165, 1.54) is 12.1 Å². The summed E-state index contributed by atoms with van der Waals surface area (Å²) < 4.78 is 36.0. The highest BCUT2D eigenvalue weighted by Crippen LogP contribution is 2.45. The smallest absolute Gasteiger partial charge is 0.126 e. The molecule has 10 aromatic carbocycles. The molecule has 0 aliphatic rings. The van der Waals surface area contributed by atoms with Crippen LogP contribution in [0.5, 0.6) is 0 Å². The van der Waals surface area contributed by atoms with Crippen LogP contribution in [-0.2, 0) is 0 Å². The third-order valence-corrected chi connectivity index (χ3v) is 17.1. The van der Waals surface area contributed by atoms with E-state index in [4.69, 9.17) is 19.9 Å². The maximum atomic E-state index is 15.7. The molecule has 7 nitrogen and oxygen atoms in total. The molecule has 16 rings (SSSR count). The molecule has 0 saturated heterocycles. The maximum Gasteiger partial charge on any atom is 0.126 e. The Morgan fingerprint density at radius 2 is 0.556 bits per heavy atom. The fourth-order valence-electron chi connectivity index (χ4n) is 12.8. The number of nitrogens with zero attached hydrogens (tertiary/aromatic N) is 7. The Labute approximate surface area is 517 Å². The second-order valence-corrected chi connectivity index (χ2v) is 22.4. The molecule has 0 saturated carbocycles. The summed E-state index contributed by atoms with van der Waals surface area (Å²) in [5, 5.41) is 15.4. The molecule has 0 aliphatic heterocycles. The summed E-state index contributed by atoms with van der Waals surface area (Å²) in [7, 11) is 0. The molecule has 0 N–H and O–H groups in total. The predicted octanol–water partition coefficient (Wildman–Crippen LogP) is 20.6. The Morgan fingerprint density at radius 3 is 0.856 bits per heavy atom. The fraction of sp³-hybridized carbons (Fsp3) is 0. The van der Waals surface area contributed by atoms with Crippen molar-refractivity contribution in [1.82, 2.24) is 29.1 Å². The van der Waals surface area contributed by atoms with Gasteiger partial charge in [0.25, 0.3) is 0 Å². The third-order valence-electron chi connectivity index (χ3n) is 17.1. The van der Waals surface area contributed by atoms with Gasteiger partial charge in [-0.1, -0.05) is 170 Å². The second-order valence-electron chi connectivity index (χ2n) is 22.4. The monoisotopic (exact) mass is 1160 g/mol. The molecule has 0 bridgehead atoms. The van der Waals surface area contributed by atoms with Gasteiger partial charge in [0, 0.05) is 80.2 Å². The Hall–Kier alpha value is -12.3. The average Bonchev–Trinajstić information content (AvgIpc) is 1.56. The maximum absolute atomic E-state index is 15.7. The van der Waals surface area contributed by atoms with Gasteiger partial charge in [-0.05, 0) is 147 Å². The first-order valence-electron chi connectivity index (χ1n) is 29.6. The number of hydrogen-bond acceptors (Lipinski definition) is 5. The van der Waals surface area contributed by atoms with Crippen molar-refractivity contribution in [3.8, 4) is 118 Å². The number of hydrogen-bond donors (Lipinski definition) is 0. The molecule has 0 unspecified atom stereocenters. The second kappa shape index (κ2) is 22.2. The zero-order valence-corrected chi connectivity index (χ0v) is 48.2. The number of fused-ring (bicyclic) bond motifs is 6. The lowest BCUT2D eigenvalue weighted by Gasteiger charge is -2.20. The molecule has 16 aromatic rings. The molecule has 6 heterocycles. The lowest BCUT2D eigenvalue weighted by Crippen LogP contribution is -2.06. The van der Waals surface area contributed by atoms with Gasteiger partial charge in [-0.3, -0.25) is 19.9 Å². The van der Waals surface area contributed by atoms with Gasteiger partial charge in [0.15, 0.2) is 0 Å². The average molecular weight is 1160 g/mol. The van der Waals surface area contributed by atoms with Crippen LogP contribution in [0.1, 0.15) is 5.56 Å². The molecule has 6 aromatic heterocycles. The number of pyridine rings is 4. The molecule has 90 heavy (non-hydrogen) atoms. The van der Waals surface area contributed by atoms with Crippen molar-refractivity contribution in [3.05, 3.63) is 315 Å². The summed E-state index contributed by atoms with van der Waals surface area (Å²) in [6.45, 7) is 0. The number of aromatic nitrogens is 6. The standard InChI is InChI=1S/C81H49F2N7/c82-65-37-63(38-66(83)48-65)71-49-81(90-78-45-57(61-31-35-87-74(41-61)53-17-9-3-10-18-53)23-27-69(78)70-28-24-58(46-79(70)90)62-32-36-88-75(42-62)54-19-11-4-12-20-54)80(47-64(71)50-84)89-76-43-55(59-29-33-85-72(39-59)51-13-5-1-6-14-51)21-25-67(76)68-26-22-56(44-77(68)89)60-30-34-86-73(40-60)52-15-7-2-8-16-52/h1-49H.